The first-order valence-electron chi connectivity index (χ1n) is 7.21. The summed E-state index contributed by atoms with van der Waals surface area (Å²) in [5.41, 5.74) is 2.23. The molecule has 0 heterocycles. The van der Waals surface area contributed by atoms with Crippen molar-refractivity contribution in [2.75, 3.05) is 10.2 Å². The standard InChI is InChI=1S/C19H15ClN2O/c20-15-8-7-9-16(14-15)21-19(23)22(17-10-3-1-4-11-17)18-12-5-2-6-13-18/h1-14H,(H,21,23). The number of para-hydroxylation sites is 2. The van der Waals surface area contributed by atoms with Gasteiger partial charge in [-0.25, -0.2) is 4.79 Å². The number of carbonyl (C=O) groups is 1. The lowest BCUT2D eigenvalue weighted by molar-refractivity contribution is 0.259. The Bertz CT molecular complexity index is 751. The monoisotopic (exact) mass is 322 g/mol. The van der Waals surface area contributed by atoms with Crippen LogP contribution >= 0.6 is 11.6 Å². The van der Waals surface area contributed by atoms with Gasteiger partial charge in [0.2, 0.25) is 0 Å². The number of hydrogen-bond acceptors (Lipinski definition) is 1. The van der Waals surface area contributed by atoms with E-state index in [9.17, 15) is 4.79 Å². The third kappa shape index (κ3) is 3.71. The van der Waals surface area contributed by atoms with Crippen molar-refractivity contribution in [2.24, 2.45) is 0 Å². The van der Waals surface area contributed by atoms with Crippen LogP contribution in [0.3, 0.4) is 0 Å². The van der Waals surface area contributed by atoms with E-state index in [0.717, 1.165) is 11.4 Å². The van der Waals surface area contributed by atoms with Gasteiger partial charge in [0.25, 0.3) is 0 Å². The molecule has 0 radical (unpaired) electrons. The van der Waals surface area contributed by atoms with Gasteiger partial charge in [0, 0.05) is 10.7 Å². The van der Waals surface area contributed by atoms with Gasteiger partial charge < -0.3 is 5.32 Å². The van der Waals surface area contributed by atoms with E-state index in [4.69, 9.17) is 11.6 Å². The highest BCUT2D eigenvalue weighted by molar-refractivity contribution is 6.31. The summed E-state index contributed by atoms with van der Waals surface area (Å²) in [6.07, 6.45) is 0. The maximum atomic E-state index is 12.8. The zero-order chi connectivity index (χ0) is 16.1. The molecule has 3 aromatic rings. The van der Waals surface area contributed by atoms with Crippen molar-refractivity contribution in [1.29, 1.82) is 0 Å². The Hall–Kier alpha value is -2.78. The Morgan fingerprint density at radius 3 is 1.87 bits per heavy atom. The number of benzene rings is 3. The number of nitrogens with zero attached hydrogens (tertiary/aromatic N) is 1. The molecule has 0 atom stereocenters. The summed E-state index contributed by atoms with van der Waals surface area (Å²) in [4.78, 5) is 14.4. The Morgan fingerprint density at radius 2 is 1.35 bits per heavy atom. The zero-order valence-electron chi connectivity index (χ0n) is 12.3. The van der Waals surface area contributed by atoms with Crippen LogP contribution in [0.4, 0.5) is 21.9 Å². The van der Waals surface area contributed by atoms with Crippen LogP contribution < -0.4 is 10.2 Å². The average Bonchev–Trinajstić information content (AvgIpc) is 2.57. The van der Waals surface area contributed by atoms with Gasteiger partial charge >= 0.3 is 6.03 Å². The molecular formula is C19H15ClN2O. The molecule has 0 aromatic heterocycles. The SMILES string of the molecule is O=C(Nc1cccc(Cl)c1)N(c1ccccc1)c1ccccc1. The fourth-order valence-corrected chi connectivity index (χ4v) is 2.47. The van der Waals surface area contributed by atoms with Crippen molar-refractivity contribution in [3.8, 4) is 0 Å². The Kier molecular flexibility index (Phi) is 4.60. The molecule has 1 N–H and O–H groups in total. The zero-order valence-corrected chi connectivity index (χ0v) is 13.1. The third-order valence-electron chi connectivity index (χ3n) is 3.31. The minimum Gasteiger partial charge on any atom is -0.307 e. The number of anilines is 3. The highest BCUT2D eigenvalue weighted by Crippen LogP contribution is 2.26. The molecule has 3 aromatic carbocycles. The predicted octanol–water partition coefficient (Wildman–Crippen LogP) is 5.71. The molecule has 0 saturated carbocycles. The van der Waals surface area contributed by atoms with Crippen LogP contribution in [-0.4, -0.2) is 6.03 Å². The first kappa shape index (κ1) is 15.1. The molecule has 3 rings (SSSR count). The van der Waals surface area contributed by atoms with Gasteiger partial charge in [0.15, 0.2) is 0 Å². The number of rotatable bonds is 3. The lowest BCUT2D eigenvalue weighted by Crippen LogP contribution is -2.30. The van der Waals surface area contributed by atoms with Crippen LogP contribution in [0.2, 0.25) is 5.02 Å². The molecule has 0 spiro atoms. The average molecular weight is 323 g/mol. The number of amides is 2. The van der Waals surface area contributed by atoms with E-state index >= 15 is 0 Å². The van der Waals surface area contributed by atoms with Gasteiger partial charge in [0.1, 0.15) is 0 Å². The van der Waals surface area contributed by atoms with Crippen molar-refractivity contribution < 1.29 is 4.79 Å². The van der Waals surface area contributed by atoms with Gasteiger partial charge in [-0.05, 0) is 42.5 Å². The van der Waals surface area contributed by atoms with E-state index in [1.807, 2.05) is 60.7 Å². The van der Waals surface area contributed by atoms with Gasteiger partial charge in [-0.15, -0.1) is 0 Å². The minimum atomic E-state index is -0.246. The fourth-order valence-electron chi connectivity index (χ4n) is 2.28. The second kappa shape index (κ2) is 6.99. The van der Waals surface area contributed by atoms with Gasteiger partial charge in [0.05, 0.1) is 11.4 Å². The minimum absolute atomic E-state index is 0.246. The molecule has 4 heteroatoms. The summed E-state index contributed by atoms with van der Waals surface area (Å²) in [5, 5.41) is 3.46. The van der Waals surface area contributed by atoms with Crippen LogP contribution in [-0.2, 0) is 0 Å². The van der Waals surface area contributed by atoms with Crippen LogP contribution in [0.1, 0.15) is 0 Å². The largest absolute Gasteiger partial charge is 0.330 e. The van der Waals surface area contributed by atoms with Gasteiger partial charge in [-0.1, -0.05) is 54.1 Å². The molecule has 0 aliphatic heterocycles. The lowest BCUT2D eigenvalue weighted by Gasteiger charge is -2.23. The molecule has 0 aliphatic rings. The number of urea groups is 1. The number of carbonyl (C=O) groups excluding carboxylic acids is 1. The predicted molar refractivity (Wildman–Crippen MR) is 95.5 cm³/mol. The van der Waals surface area contributed by atoms with Crippen LogP contribution in [0.5, 0.6) is 0 Å². The summed E-state index contributed by atoms with van der Waals surface area (Å²) in [5.74, 6) is 0. The van der Waals surface area contributed by atoms with E-state index in [2.05, 4.69) is 5.32 Å². The second-order valence-electron chi connectivity index (χ2n) is 4.95. The van der Waals surface area contributed by atoms with Crippen molar-refractivity contribution in [3.05, 3.63) is 90.0 Å². The van der Waals surface area contributed by atoms with E-state index in [1.54, 1.807) is 29.2 Å². The summed E-state index contributed by atoms with van der Waals surface area (Å²) in [7, 11) is 0. The third-order valence-corrected chi connectivity index (χ3v) is 3.54. The molecule has 3 nitrogen and oxygen atoms in total. The van der Waals surface area contributed by atoms with E-state index in [-0.39, 0.29) is 6.03 Å². The van der Waals surface area contributed by atoms with Crippen LogP contribution in [0.15, 0.2) is 84.9 Å². The quantitative estimate of drug-likeness (QED) is 0.658. The molecule has 23 heavy (non-hydrogen) atoms. The van der Waals surface area contributed by atoms with Crippen molar-refractivity contribution in [1.82, 2.24) is 0 Å². The van der Waals surface area contributed by atoms with Gasteiger partial charge in [-0.3, -0.25) is 4.90 Å². The van der Waals surface area contributed by atoms with Crippen molar-refractivity contribution in [3.63, 3.8) is 0 Å². The van der Waals surface area contributed by atoms with Crippen LogP contribution in [0, 0.1) is 0 Å². The number of hydrogen-bond donors (Lipinski definition) is 1. The molecule has 2 amide bonds. The molecule has 0 saturated heterocycles. The first-order valence-corrected chi connectivity index (χ1v) is 7.58. The molecule has 0 bridgehead atoms. The van der Waals surface area contributed by atoms with Crippen molar-refractivity contribution >= 4 is 34.7 Å². The second-order valence-corrected chi connectivity index (χ2v) is 5.38. The van der Waals surface area contributed by atoms with Crippen molar-refractivity contribution in [2.45, 2.75) is 0 Å². The number of nitrogens with one attached hydrogen (secondary N) is 1. The number of halogens is 1. The first-order chi connectivity index (χ1) is 11.2. The maximum absolute atomic E-state index is 12.8. The maximum Gasteiger partial charge on any atom is 0.330 e. The molecule has 114 valence electrons. The van der Waals surface area contributed by atoms with E-state index in [0.29, 0.717) is 10.7 Å². The normalized spacial score (nSPS) is 10.1. The van der Waals surface area contributed by atoms with Crippen LogP contribution in [0.25, 0.3) is 0 Å². The Balaban J connectivity index is 1.94. The lowest BCUT2D eigenvalue weighted by atomic mass is 10.2. The summed E-state index contributed by atoms with van der Waals surface area (Å²) < 4.78 is 0. The summed E-state index contributed by atoms with van der Waals surface area (Å²) in [6.45, 7) is 0. The smallest absolute Gasteiger partial charge is 0.307 e. The molecule has 0 fully saturated rings. The molecule has 0 aliphatic carbocycles. The highest BCUT2D eigenvalue weighted by atomic mass is 35.5. The summed E-state index contributed by atoms with van der Waals surface area (Å²) >= 11 is 5.98. The topological polar surface area (TPSA) is 32.3 Å². The Morgan fingerprint density at radius 1 is 0.783 bits per heavy atom. The molecular weight excluding hydrogens is 308 g/mol. The highest BCUT2D eigenvalue weighted by Gasteiger charge is 2.17. The van der Waals surface area contributed by atoms with Gasteiger partial charge in [-0.2, -0.15) is 0 Å². The molecule has 0 unspecified atom stereocenters. The van der Waals surface area contributed by atoms with E-state index < -0.39 is 0 Å². The summed E-state index contributed by atoms with van der Waals surface area (Å²) in [6, 6.07) is 25.9. The van der Waals surface area contributed by atoms with E-state index in [1.165, 1.54) is 0 Å². The Labute approximate surface area is 140 Å². The fraction of sp³-hybridized carbons (Fsp3) is 0.